The van der Waals surface area contributed by atoms with Crippen LogP contribution in [0.4, 0.5) is 4.39 Å². The second kappa shape index (κ2) is 3.97. The zero-order valence-corrected chi connectivity index (χ0v) is 6.92. The van der Waals surface area contributed by atoms with E-state index in [1.807, 2.05) is 6.92 Å². The van der Waals surface area contributed by atoms with Crippen molar-refractivity contribution >= 4 is 6.08 Å². The van der Waals surface area contributed by atoms with Gasteiger partial charge in [0.05, 0.1) is 11.9 Å². The summed E-state index contributed by atoms with van der Waals surface area (Å²) in [5.41, 5.74) is 6.85. The fraction of sp³-hybridized carbons (Fsp3) is 0.222. The van der Waals surface area contributed by atoms with Gasteiger partial charge < -0.3 is 5.73 Å². The van der Waals surface area contributed by atoms with Crippen molar-refractivity contribution < 1.29 is 4.39 Å². The molecule has 0 unspecified atom stereocenters. The van der Waals surface area contributed by atoms with Gasteiger partial charge in [-0.15, -0.1) is 0 Å². The minimum atomic E-state index is -0.308. The van der Waals surface area contributed by atoms with Crippen LogP contribution in [0.5, 0.6) is 0 Å². The molecular formula is C9H11FN2. The van der Waals surface area contributed by atoms with Crippen LogP contribution in [-0.2, 0) is 0 Å². The number of hydrogen-bond acceptors (Lipinski definition) is 2. The first-order valence-corrected chi connectivity index (χ1v) is 3.73. The first-order valence-electron chi connectivity index (χ1n) is 3.73. The monoisotopic (exact) mass is 166 g/mol. The molecule has 0 radical (unpaired) electrons. The van der Waals surface area contributed by atoms with Gasteiger partial charge in [-0.2, -0.15) is 0 Å². The van der Waals surface area contributed by atoms with Crippen LogP contribution in [0.15, 0.2) is 18.3 Å². The second-order valence-corrected chi connectivity index (χ2v) is 2.49. The molecule has 1 aromatic rings. The van der Waals surface area contributed by atoms with Crippen LogP contribution in [0.3, 0.4) is 0 Å². The zero-order chi connectivity index (χ0) is 8.97. The van der Waals surface area contributed by atoms with Crippen LogP contribution >= 0.6 is 0 Å². The van der Waals surface area contributed by atoms with E-state index in [0.29, 0.717) is 6.54 Å². The number of halogens is 1. The number of nitrogens with two attached hydrogens (primary N) is 1. The molecular weight excluding hydrogens is 155 g/mol. The highest BCUT2D eigenvalue weighted by Crippen LogP contribution is 2.07. The molecule has 0 spiro atoms. The van der Waals surface area contributed by atoms with Crippen molar-refractivity contribution in [3.63, 3.8) is 0 Å². The van der Waals surface area contributed by atoms with Gasteiger partial charge in [-0.25, -0.2) is 4.39 Å². The normalized spacial score (nSPS) is 10.9. The Hall–Kier alpha value is -1.22. The minimum Gasteiger partial charge on any atom is -0.327 e. The summed E-state index contributed by atoms with van der Waals surface area (Å²) in [5, 5.41) is 0. The van der Waals surface area contributed by atoms with Crippen LogP contribution in [0.1, 0.15) is 11.3 Å². The molecule has 2 nitrogen and oxygen atoms in total. The van der Waals surface area contributed by atoms with E-state index in [9.17, 15) is 4.39 Å². The Bertz CT molecular complexity index is 295. The summed E-state index contributed by atoms with van der Waals surface area (Å²) < 4.78 is 12.6. The summed E-state index contributed by atoms with van der Waals surface area (Å²) in [5.74, 6) is -0.308. The number of rotatable bonds is 2. The van der Waals surface area contributed by atoms with Gasteiger partial charge in [0.15, 0.2) is 0 Å². The Morgan fingerprint density at radius 1 is 1.67 bits per heavy atom. The third kappa shape index (κ3) is 2.13. The van der Waals surface area contributed by atoms with Crippen molar-refractivity contribution in [3.05, 3.63) is 35.4 Å². The van der Waals surface area contributed by atoms with Gasteiger partial charge in [0.2, 0.25) is 0 Å². The van der Waals surface area contributed by atoms with Crippen molar-refractivity contribution in [1.29, 1.82) is 0 Å². The lowest BCUT2D eigenvalue weighted by molar-refractivity contribution is 0.619. The van der Waals surface area contributed by atoms with E-state index < -0.39 is 0 Å². The molecule has 0 atom stereocenters. The zero-order valence-electron chi connectivity index (χ0n) is 6.92. The SMILES string of the molecule is Cc1cc(F)cnc1C=CCN. The van der Waals surface area contributed by atoms with Gasteiger partial charge in [0.25, 0.3) is 0 Å². The first-order chi connectivity index (χ1) is 5.74. The van der Waals surface area contributed by atoms with E-state index in [2.05, 4.69) is 4.98 Å². The Morgan fingerprint density at radius 3 is 3.00 bits per heavy atom. The molecule has 0 saturated carbocycles. The molecule has 0 aliphatic heterocycles. The molecule has 64 valence electrons. The molecule has 1 heterocycles. The molecule has 0 aliphatic carbocycles. The third-order valence-electron chi connectivity index (χ3n) is 1.50. The summed E-state index contributed by atoms with van der Waals surface area (Å²) in [6.07, 6.45) is 4.77. The van der Waals surface area contributed by atoms with Gasteiger partial charge in [-0.1, -0.05) is 6.08 Å². The second-order valence-electron chi connectivity index (χ2n) is 2.49. The maximum Gasteiger partial charge on any atom is 0.141 e. The average Bonchev–Trinajstić information content (AvgIpc) is 2.03. The summed E-state index contributed by atoms with van der Waals surface area (Å²) in [4.78, 5) is 3.90. The predicted molar refractivity (Wildman–Crippen MR) is 47.0 cm³/mol. The van der Waals surface area contributed by atoms with Crippen LogP contribution in [-0.4, -0.2) is 11.5 Å². The fourth-order valence-corrected chi connectivity index (χ4v) is 0.905. The van der Waals surface area contributed by atoms with Gasteiger partial charge in [-0.05, 0) is 24.6 Å². The summed E-state index contributed by atoms with van der Waals surface area (Å²) >= 11 is 0. The lowest BCUT2D eigenvalue weighted by atomic mass is 10.2. The van der Waals surface area contributed by atoms with Gasteiger partial charge in [-0.3, -0.25) is 4.98 Å². The fourth-order valence-electron chi connectivity index (χ4n) is 0.905. The predicted octanol–water partition coefficient (Wildman–Crippen LogP) is 1.50. The molecule has 2 N–H and O–H groups in total. The number of nitrogens with zero attached hydrogens (tertiary/aromatic N) is 1. The number of hydrogen-bond donors (Lipinski definition) is 1. The number of aryl methyl sites for hydroxylation is 1. The number of pyridine rings is 1. The molecule has 0 bridgehead atoms. The molecule has 12 heavy (non-hydrogen) atoms. The molecule has 1 rings (SSSR count). The van der Waals surface area contributed by atoms with Crippen LogP contribution in [0, 0.1) is 12.7 Å². The summed E-state index contributed by atoms with van der Waals surface area (Å²) in [7, 11) is 0. The van der Waals surface area contributed by atoms with Crippen molar-refractivity contribution in [2.24, 2.45) is 5.73 Å². The first kappa shape index (κ1) is 8.87. The van der Waals surface area contributed by atoms with Crippen LogP contribution < -0.4 is 5.73 Å². The van der Waals surface area contributed by atoms with E-state index >= 15 is 0 Å². The highest BCUT2D eigenvalue weighted by molar-refractivity contribution is 5.48. The molecule has 0 amide bonds. The van der Waals surface area contributed by atoms with Crippen LogP contribution in [0.2, 0.25) is 0 Å². The summed E-state index contributed by atoms with van der Waals surface area (Å²) in [6.45, 7) is 2.28. The summed E-state index contributed by atoms with van der Waals surface area (Å²) in [6, 6.07) is 1.45. The third-order valence-corrected chi connectivity index (χ3v) is 1.50. The van der Waals surface area contributed by atoms with E-state index in [1.165, 1.54) is 12.3 Å². The van der Waals surface area contributed by atoms with E-state index in [4.69, 9.17) is 5.73 Å². The smallest absolute Gasteiger partial charge is 0.141 e. The van der Waals surface area contributed by atoms with Gasteiger partial charge >= 0.3 is 0 Å². The van der Waals surface area contributed by atoms with Crippen molar-refractivity contribution in [1.82, 2.24) is 4.98 Å². The minimum absolute atomic E-state index is 0.308. The highest BCUT2D eigenvalue weighted by atomic mass is 19.1. The Kier molecular flexibility index (Phi) is 2.94. The molecule has 1 aromatic heterocycles. The Labute approximate surface area is 70.9 Å². The Balaban J connectivity index is 2.94. The molecule has 0 fully saturated rings. The number of aromatic nitrogens is 1. The molecule has 0 aromatic carbocycles. The lowest BCUT2D eigenvalue weighted by Crippen LogP contribution is -1.93. The standard InChI is InChI=1S/C9H11FN2/c1-7-5-8(10)6-12-9(7)3-2-4-11/h2-3,5-6H,4,11H2,1H3. The Morgan fingerprint density at radius 2 is 2.42 bits per heavy atom. The van der Waals surface area contributed by atoms with Crippen molar-refractivity contribution in [3.8, 4) is 0 Å². The van der Waals surface area contributed by atoms with Crippen molar-refractivity contribution in [2.45, 2.75) is 6.92 Å². The van der Waals surface area contributed by atoms with E-state index in [-0.39, 0.29) is 5.82 Å². The topological polar surface area (TPSA) is 38.9 Å². The largest absolute Gasteiger partial charge is 0.327 e. The average molecular weight is 166 g/mol. The highest BCUT2D eigenvalue weighted by Gasteiger charge is 1.96. The lowest BCUT2D eigenvalue weighted by Gasteiger charge is -1.97. The van der Waals surface area contributed by atoms with Gasteiger partial charge in [0, 0.05) is 6.54 Å². The maximum atomic E-state index is 12.6. The van der Waals surface area contributed by atoms with Gasteiger partial charge in [0.1, 0.15) is 5.82 Å². The maximum absolute atomic E-state index is 12.6. The van der Waals surface area contributed by atoms with E-state index in [0.717, 1.165) is 11.3 Å². The van der Waals surface area contributed by atoms with Crippen LogP contribution in [0.25, 0.3) is 6.08 Å². The molecule has 0 aliphatic rings. The molecule has 3 heteroatoms. The van der Waals surface area contributed by atoms with Crippen molar-refractivity contribution in [2.75, 3.05) is 6.54 Å². The quantitative estimate of drug-likeness (QED) is 0.723. The molecule has 0 saturated heterocycles. The van der Waals surface area contributed by atoms with E-state index in [1.54, 1.807) is 12.2 Å².